The molecule has 2 atom stereocenters. The van der Waals surface area contributed by atoms with E-state index in [1.54, 1.807) is 11.0 Å². The molecule has 0 aromatic carbocycles. The number of nitrogens with one attached hydrogen (secondary N) is 1. The molecule has 0 radical (unpaired) electrons. The van der Waals surface area contributed by atoms with Crippen molar-refractivity contribution in [3.05, 3.63) is 30.1 Å². The number of hydrogen-bond acceptors (Lipinski definition) is 4. The van der Waals surface area contributed by atoms with Crippen molar-refractivity contribution in [2.45, 2.75) is 40.3 Å². The Morgan fingerprint density at radius 3 is 2.71 bits per heavy atom. The van der Waals surface area contributed by atoms with E-state index in [-0.39, 0.29) is 17.9 Å². The summed E-state index contributed by atoms with van der Waals surface area (Å²) in [6.45, 7) is 9.00. The second kappa shape index (κ2) is 6.51. The van der Waals surface area contributed by atoms with Crippen LogP contribution in [-0.2, 0) is 11.3 Å². The van der Waals surface area contributed by atoms with Crippen molar-refractivity contribution in [1.29, 1.82) is 0 Å². The van der Waals surface area contributed by atoms with Gasteiger partial charge >= 0.3 is 0 Å². The quantitative estimate of drug-likeness (QED) is 0.864. The minimum absolute atomic E-state index is 0.0129. The van der Waals surface area contributed by atoms with Crippen molar-refractivity contribution in [1.82, 2.24) is 29.9 Å². The Morgan fingerprint density at radius 2 is 2.14 bits per heavy atom. The zero-order chi connectivity index (χ0) is 15.4. The molecule has 2 aromatic rings. The van der Waals surface area contributed by atoms with E-state index in [1.165, 1.54) is 6.33 Å². The number of nitrogens with zero attached hydrogens (tertiary/aromatic N) is 5. The molecule has 0 spiro atoms. The number of carbonyl (C=O) groups excluding carboxylic acids is 1. The Bertz CT molecular complexity index is 589. The van der Waals surface area contributed by atoms with Crippen LogP contribution < -0.4 is 5.32 Å². The highest BCUT2D eigenvalue weighted by Crippen LogP contribution is 2.10. The summed E-state index contributed by atoms with van der Waals surface area (Å²) in [5, 5.41) is 11.4. The fraction of sp³-hybridized carbons (Fsp3) is 0.571. The highest BCUT2D eigenvalue weighted by Gasteiger charge is 2.16. The van der Waals surface area contributed by atoms with Crippen molar-refractivity contribution in [2.75, 3.05) is 6.54 Å². The Hall–Kier alpha value is -2.18. The molecule has 2 aromatic heterocycles. The van der Waals surface area contributed by atoms with E-state index in [2.05, 4.69) is 20.5 Å². The maximum absolute atomic E-state index is 12.1. The molecule has 0 aliphatic rings. The van der Waals surface area contributed by atoms with Gasteiger partial charge in [-0.15, -0.1) is 0 Å². The van der Waals surface area contributed by atoms with Crippen molar-refractivity contribution >= 4 is 5.91 Å². The summed E-state index contributed by atoms with van der Waals surface area (Å²) < 4.78 is 3.60. The number of carbonyl (C=O) groups is 1. The van der Waals surface area contributed by atoms with E-state index >= 15 is 0 Å². The van der Waals surface area contributed by atoms with E-state index in [0.717, 1.165) is 11.4 Å². The molecule has 21 heavy (non-hydrogen) atoms. The van der Waals surface area contributed by atoms with Gasteiger partial charge in [-0.1, -0.05) is 6.92 Å². The molecule has 2 rings (SSSR count). The predicted molar refractivity (Wildman–Crippen MR) is 78.6 cm³/mol. The molecule has 7 heteroatoms. The van der Waals surface area contributed by atoms with Crippen LogP contribution in [0.15, 0.2) is 18.7 Å². The first-order valence-corrected chi connectivity index (χ1v) is 7.10. The Balaban J connectivity index is 1.84. The van der Waals surface area contributed by atoms with Gasteiger partial charge in [-0.3, -0.25) is 14.2 Å². The van der Waals surface area contributed by atoms with E-state index in [9.17, 15) is 4.79 Å². The van der Waals surface area contributed by atoms with E-state index in [0.29, 0.717) is 13.1 Å². The molecule has 7 nitrogen and oxygen atoms in total. The molecular formula is C14H22N6O. The van der Waals surface area contributed by atoms with Crippen LogP contribution in [0.3, 0.4) is 0 Å². The maximum atomic E-state index is 12.1. The second-order valence-electron chi connectivity index (χ2n) is 5.48. The van der Waals surface area contributed by atoms with Crippen LogP contribution in [0.2, 0.25) is 0 Å². The van der Waals surface area contributed by atoms with Crippen LogP contribution in [0.1, 0.15) is 31.3 Å². The van der Waals surface area contributed by atoms with Crippen LogP contribution in [-0.4, -0.2) is 37.0 Å². The first kappa shape index (κ1) is 15.2. The van der Waals surface area contributed by atoms with Crippen LogP contribution >= 0.6 is 0 Å². The van der Waals surface area contributed by atoms with Gasteiger partial charge in [-0.25, -0.2) is 4.98 Å². The molecular weight excluding hydrogens is 268 g/mol. The topological polar surface area (TPSA) is 77.6 Å². The molecule has 0 bridgehead atoms. The van der Waals surface area contributed by atoms with Crippen LogP contribution in [0, 0.1) is 19.8 Å². The first-order valence-electron chi connectivity index (χ1n) is 7.10. The van der Waals surface area contributed by atoms with Crippen molar-refractivity contribution < 1.29 is 4.79 Å². The van der Waals surface area contributed by atoms with E-state index in [1.807, 2.05) is 38.4 Å². The Kier molecular flexibility index (Phi) is 4.72. The SMILES string of the molecule is Cc1cc(C)n([C@H](C)CNC(=O)[C@H](C)Cn2cncn2)n1. The normalized spacial score (nSPS) is 13.9. The maximum Gasteiger partial charge on any atom is 0.224 e. The zero-order valence-corrected chi connectivity index (χ0v) is 12.9. The van der Waals surface area contributed by atoms with Gasteiger partial charge in [0.1, 0.15) is 12.7 Å². The molecule has 114 valence electrons. The summed E-state index contributed by atoms with van der Waals surface area (Å²) in [5.74, 6) is -0.141. The zero-order valence-electron chi connectivity index (χ0n) is 12.9. The van der Waals surface area contributed by atoms with Crippen molar-refractivity contribution in [3.8, 4) is 0 Å². The number of aryl methyl sites for hydroxylation is 2. The second-order valence-corrected chi connectivity index (χ2v) is 5.48. The minimum atomic E-state index is -0.153. The first-order chi connectivity index (χ1) is 9.97. The monoisotopic (exact) mass is 290 g/mol. The van der Waals surface area contributed by atoms with Gasteiger partial charge < -0.3 is 5.32 Å². The average molecular weight is 290 g/mol. The molecule has 0 saturated heterocycles. The highest BCUT2D eigenvalue weighted by molar-refractivity contribution is 5.78. The molecule has 1 N–H and O–H groups in total. The standard InChI is InChI=1S/C14H22N6O/c1-10(7-19-9-15-8-17-19)14(21)16-6-13(4)20-12(3)5-11(2)18-20/h5,8-10,13H,6-7H2,1-4H3,(H,16,21)/t10-,13-/m1/s1. The number of hydrogen-bond donors (Lipinski definition) is 1. The lowest BCUT2D eigenvalue weighted by molar-refractivity contribution is -0.125. The fourth-order valence-electron chi connectivity index (χ4n) is 2.29. The number of rotatable bonds is 6. The van der Waals surface area contributed by atoms with Crippen LogP contribution in [0.25, 0.3) is 0 Å². The van der Waals surface area contributed by atoms with Gasteiger partial charge in [-0.05, 0) is 26.8 Å². The largest absolute Gasteiger partial charge is 0.354 e. The molecule has 0 fully saturated rings. The summed E-state index contributed by atoms with van der Waals surface area (Å²) in [6, 6.07) is 2.16. The summed E-state index contributed by atoms with van der Waals surface area (Å²) in [6.07, 6.45) is 3.08. The number of amides is 1. The summed E-state index contributed by atoms with van der Waals surface area (Å²) in [5.41, 5.74) is 2.09. The van der Waals surface area contributed by atoms with Gasteiger partial charge in [0.05, 0.1) is 24.2 Å². The molecule has 1 amide bonds. The van der Waals surface area contributed by atoms with Gasteiger partial charge in [0.2, 0.25) is 5.91 Å². The lowest BCUT2D eigenvalue weighted by Crippen LogP contribution is -2.35. The Labute approximate surface area is 124 Å². The summed E-state index contributed by atoms with van der Waals surface area (Å²) in [4.78, 5) is 16.0. The lowest BCUT2D eigenvalue weighted by Gasteiger charge is -2.17. The Morgan fingerprint density at radius 1 is 1.38 bits per heavy atom. The van der Waals surface area contributed by atoms with Crippen LogP contribution in [0.5, 0.6) is 0 Å². The molecule has 0 saturated carbocycles. The number of aromatic nitrogens is 5. The summed E-state index contributed by atoms with van der Waals surface area (Å²) in [7, 11) is 0. The highest BCUT2D eigenvalue weighted by atomic mass is 16.1. The summed E-state index contributed by atoms with van der Waals surface area (Å²) >= 11 is 0. The van der Waals surface area contributed by atoms with E-state index in [4.69, 9.17) is 0 Å². The van der Waals surface area contributed by atoms with Gasteiger partial charge in [0.25, 0.3) is 0 Å². The third kappa shape index (κ3) is 3.90. The van der Waals surface area contributed by atoms with Crippen molar-refractivity contribution in [2.24, 2.45) is 5.92 Å². The van der Waals surface area contributed by atoms with Crippen molar-refractivity contribution in [3.63, 3.8) is 0 Å². The van der Waals surface area contributed by atoms with Gasteiger partial charge in [0, 0.05) is 12.2 Å². The molecule has 0 aliphatic heterocycles. The van der Waals surface area contributed by atoms with Gasteiger partial charge in [0.15, 0.2) is 0 Å². The molecule has 0 aliphatic carbocycles. The molecule has 2 heterocycles. The third-order valence-corrected chi connectivity index (χ3v) is 3.41. The van der Waals surface area contributed by atoms with Crippen LogP contribution in [0.4, 0.5) is 0 Å². The third-order valence-electron chi connectivity index (χ3n) is 3.41. The molecule has 0 unspecified atom stereocenters. The smallest absolute Gasteiger partial charge is 0.224 e. The fourth-order valence-corrected chi connectivity index (χ4v) is 2.29. The van der Waals surface area contributed by atoms with Gasteiger partial charge in [-0.2, -0.15) is 10.2 Å². The predicted octanol–water partition coefficient (Wildman–Crippen LogP) is 1.10. The minimum Gasteiger partial charge on any atom is -0.354 e. The average Bonchev–Trinajstić information content (AvgIpc) is 3.05. The lowest BCUT2D eigenvalue weighted by atomic mass is 10.1. The van der Waals surface area contributed by atoms with E-state index < -0.39 is 0 Å².